The number of hydrogen-bond acceptors (Lipinski definition) is 4. The summed E-state index contributed by atoms with van der Waals surface area (Å²) in [7, 11) is 2.17. The molecule has 0 aromatic heterocycles. The standard InChI is InChI=1S/C15H24N2O2/c1-12(2)17(3)8-4-7-16-10-13-5-6-14-15(9-13)19-11-18-14/h5-6,9,12,16H,4,7-8,10-11H2,1-3H3. The van der Waals surface area contributed by atoms with Gasteiger partial charge in [-0.3, -0.25) is 0 Å². The second-order valence-electron chi connectivity index (χ2n) is 5.29. The minimum Gasteiger partial charge on any atom is -0.454 e. The Hall–Kier alpha value is -1.26. The summed E-state index contributed by atoms with van der Waals surface area (Å²) < 4.78 is 10.7. The average molecular weight is 264 g/mol. The van der Waals surface area contributed by atoms with Crippen LogP contribution < -0.4 is 14.8 Å². The highest BCUT2D eigenvalue weighted by Crippen LogP contribution is 2.32. The van der Waals surface area contributed by atoms with Crippen LogP contribution in [0.15, 0.2) is 18.2 Å². The molecule has 0 atom stereocenters. The number of ether oxygens (including phenoxy) is 2. The van der Waals surface area contributed by atoms with Crippen molar-refractivity contribution in [2.24, 2.45) is 0 Å². The fraction of sp³-hybridized carbons (Fsp3) is 0.600. The predicted molar refractivity (Wildman–Crippen MR) is 76.7 cm³/mol. The van der Waals surface area contributed by atoms with E-state index in [1.165, 1.54) is 12.0 Å². The van der Waals surface area contributed by atoms with Crippen LogP contribution in [-0.4, -0.2) is 37.9 Å². The van der Waals surface area contributed by atoms with Crippen molar-refractivity contribution in [2.75, 3.05) is 26.9 Å². The molecule has 1 aliphatic rings. The smallest absolute Gasteiger partial charge is 0.231 e. The number of nitrogens with zero attached hydrogens (tertiary/aromatic N) is 1. The third-order valence-corrected chi connectivity index (χ3v) is 3.51. The van der Waals surface area contributed by atoms with Crippen molar-refractivity contribution in [3.8, 4) is 11.5 Å². The maximum atomic E-state index is 5.37. The van der Waals surface area contributed by atoms with Gasteiger partial charge in [-0.05, 0) is 58.1 Å². The van der Waals surface area contributed by atoms with E-state index in [-0.39, 0.29) is 0 Å². The molecule has 0 saturated carbocycles. The topological polar surface area (TPSA) is 33.7 Å². The molecule has 1 aromatic carbocycles. The third-order valence-electron chi connectivity index (χ3n) is 3.51. The fourth-order valence-electron chi connectivity index (χ4n) is 2.00. The maximum absolute atomic E-state index is 5.37. The zero-order valence-corrected chi connectivity index (χ0v) is 12.1. The van der Waals surface area contributed by atoms with E-state index in [9.17, 15) is 0 Å². The number of benzene rings is 1. The average Bonchev–Trinajstić information content (AvgIpc) is 2.85. The van der Waals surface area contributed by atoms with Crippen LogP contribution in [0.1, 0.15) is 25.8 Å². The van der Waals surface area contributed by atoms with Gasteiger partial charge in [0.2, 0.25) is 6.79 Å². The van der Waals surface area contributed by atoms with Gasteiger partial charge in [-0.15, -0.1) is 0 Å². The Morgan fingerprint density at radius 3 is 2.84 bits per heavy atom. The third kappa shape index (κ3) is 4.11. The zero-order valence-electron chi connectivity index (χ0n) is 12.1. The van der Waals surface area contributed by atoms with Crippen LogP contribution in [0.4, 0.5) is 0 Å². The molecule has 4 heteroatoms. The summed E-state index contributed by atoms with van der Waals surface area (Å²) in [6.45, 7) is 7.83. The minimum atomic E-state index is 0.341. The molecule has 4 nitrogen and oxygen atoms in total. The Balaban J connectivity index is 1.66. The lowest BCUT2D eigenvalue weighted by molar-refractivity contribution is 0.174. The Labute approximate surface area is 115 Å². The summed E-state index contributed by atoms with van der Waals surface area (Å²) in [6.07, 6.45) is 1.17. The lowest BCUT2D eigenvalue weighted by Gasteiger charge is -2.20. The van der Waals surface area contributed by atoms with Crippen molar-refractivity contribution in [1.82, 2.24) is 10.2 Å². The first-order valence-corrected chi connectivity index (χ1v) is 6.96. The molecule has 0 amide bonds. The molecule has 0 spiro atoms. The highest BCUT2D eigenvalue weighted by atomic mass is 16.7. The molecule has 0 fully saturated rings. The van der Waals surface area contributed by atoms with Gasteiger partial charge in [-0.25, -0.2) is 0 Å². The van der Waals surface area contributed by atoms with Crippen molar-refractivity contribution in [3.05, 3.63) is 23.8 Å². The van der Waals surface area contributed by atoms with E-state index in [0.29, 0.717) is 12.8 Å². The van der Waals surface area contributed by atoms with Gasteiger partial charge in [-0.2, -0.15) is 0 Å². The molecule has 19 heavy (non-hydrogen) atoms. The summed E-state index contributed by atoms with van der Waals surface area (Å²) in [4.78, 5) is 2.36. The van der Waals surface area contributed by atoms with Gasteiger partial charge in [0.25, 0.3) is 0 Å². The molecule has 1 aromatic rings. The first-order valence-electron chi connectivity index (χ1n) is 6.96. The highest BCUT2D eigenvalue weighted by Gasteiger charge is 2.12. The predicted octanol–water partition coefficient (Wildman–Crippen LogP) is 2.24. The first-order chi connectivity index (χ1) is 9.16. The van der Waals surface area contributed by atoms with Crippen molar-refractivity contribution in [2.45, 2.75) is 32.9 Å². The van der Waals surface area contributed by atoms with Crippen LogP contribution in [0, 0.1) is 0 Å². The van der Waals surface area contributed by atoms with Crippen molar-refractivity contribution >= 4 is 0 Å². The van der Waals surface area contributed by atoms with E-state index < -0.39 is 0 Å². The van der Waals surface area contributed by atoms with Crippen LogP contribution in [0.25, 0.3) is 0 Å². The van der Waals surface area contributed by atoms with Crippen LogP contribution in [0.3, 0.4) is 0 Å². The molecule has 2 rings (SSSR count). The zero-order chi connectivity index (χ0) is 13.7. The van der Waals surface area contributed by atoms with Gasteiger partial charge >= 0.3 is 0 Å². The molecule has 106 valence electrons. The monoisotopic (exact) mass is 264 g/mol. The van der Waals surface area contributed by atoms with Gasteiger partial charge in [0.05, 0.1) is 0 Å². The van der Waals surface area contributed by atoms with Gasteiger partial charge < -0.3 is 19.7 Å². The minimum absolute atomic E-state index is 0.341. The number of hydrogen-bond donors (Lipinski definition) is 1. The van der Waals surface area contributed by atoms with E-state index >= 15 is 0 Å². The van der Waals surface area contributed by atoms with Gasteiger partial charge in [-0.1, -0.05) is 6.07 Å². The van der Waals surface area contributed by atoms with Crippen LogP contribution in [-0.2, 0) is 6.54 Å². The lowest BCUT2D eigenvalue weighted by Crippen LogP contribution is -2.29. The van der Waals surface area contributed by atoms with E-state index in [2.05, 4.69) is 43.2 Å². The maximum Gasteiger partial charge on any atom is 0.231 e. The van der Waals surface area contributed by atoms with E-state index in [0.717, 1.165) is 31.1 Å². The molecule has 0 unspecified atom stereocenters. The molecule has 1 heterocycles. The number of rotatable bonds is 7. The molecule has 1 N–H and O–H groups in total. The molecular formula is C15H24N2O2. The molecule has 0 saturated heterocycles. The Morgan fingerprint density at radius 2 is 2.05 bits per heavy atom. The molecule has 0 radical (unpaired) electrons. The van der Waals surface area contributed by atoms with Gasteiger partial charge in [0.1, 0.15) is 0 Å². The summed E-state index contributed by atoms with van der Waals surface area (Å²) in [5.41, 5.74) is 1.24. The largest absolute Gasteiger partial charge is 0.454 e. The van der Waals surface area contributed by atoms with Crippen LogP contribution in [0.5, 0.6) is 11.5 Å². The van der Waals surface area contributed by atoms with Crippen molar-refractivity contribution in [1.29, 1.82) is 0 Å². The molecule has 0 aliphatic carbocycles. The molecule has 1 aliphatic heterocycles. The van der Waals surface area contributed by atoms with E-state index in [1.807, 2.05) is 6.07 Å². The molecular weight excluding hydrogens is 240 g/mol. The Kier molecular flexibility index (Phi) is 5.05. The summed E-state index contributed by atoms with van der Waals surface area (Å²) in [6, 6.07) is 6.73. The van der Waals surface area contributed by atoms with Crippen LogP contribution >= 0.6 is 0 Å². The molecule has 0 bridgehead atoms. The van der Waals surface area contributed by atoms with Gasteiger partial charge in [0.15, 0.2) is 11.5 Å². The summed E-state index contributed by atoms with van der Waals surface area (Å²) in [5.74, 6) is 1.71. The summed E-state index contributed by atoms with van der Waals surface area (Å²) >= 11 is 0. The SMILES string of the molecule is CC(C)N(C)CCCNCc1ccc2c(c1)OCO2. The first kappa shape index (κ1) is 14.2. The number of fused-ring (bicyclic) bond motifs is 1. The quantitative estimate of drug-likeness (QED) is 0.766. The lowest BCUT2D eigenvalue weighted by atomic mass is 10.2. The number of nitrogens with one attached hydrogen (secondary N) is 1. The highest BCUT2D eigenvalue weighted by molar-refractivity contribution is 5.44. The van der Waals surface area contributed by atoms with Gasteiger partial charge in [0, 0.05) is 12.6 Å². The normalized spacial score (nSPS) is 13.5. The van der Waals surface area contributed by atoms with Crippen molar-refractivity contribution in [3.63, 3.8) is 0 Å². The second kappa shape index (κ2) is 6.78. The van der Waals surface area contributed by atoms with E-state index in [4.69, 9.17) is 9.47 Å². The fourth-order valence-corrected chi connectivity index (χ4v) is 2.00. The van der Waals surface area contributed by atoms with E-state index in [1.54, 1.807) is 0 Å². The summed E-state index contributed by atoms with van der Waals surface area (Å²) in [5, 5.41) is 3.46. The van der Waals surface area contributed by atoms with Crippen LogP contribution in [0.2, 0.25) is 0 Å². The van der Waals surface area contributed by atoms with Crippen molar-refractivity contribution < 1.29 is 9.47 Å². The second-order valence-corrected chi connectivity index (χ2v) is 5.29. The Morgan fingerprint density at radius 1 is 1.26 bits per heavy atom. The Bertz CT molecular complexity index is 407.